The molecule has 0 spiro atoms. The molecule has 0 saturated carbocycles. The molecule has 1 atom stereocenters. The lowest BCUT2D eigenvalue weighted by Gasteiger charge is -2.35. The van der Waals surface area contributed by atoms with Gasteiger partial charge < -0.3 is 14.2 Å². The van der Waals surface area contributed by atoms with Crippen LogP contribution in [0.15, 0.2) is 29.5 Å². The van der Waals surface area contributed by atoms with Crippen LogP contribution in [0.5, 0.6) is 11.5 Å². The lowest BCUT2D eigenvalue weighted by molar-refractivity contribution is -0.121. The molecule has 120 valence electrons. The van der Waals surface area contributed by atoms with Crippen LogP contribution in [0.1, 0.15) is 39.2 Å². The molecule has 0 fully saturated rings. The number of rotatable bonds is 5. The maximum Gasteiger partial charge on any atom is 0.172 e. The van der Waals surface area contributed by atoms with Crippen LogP contribution in [0, 0.1) is 0 Å². The molecular weight excluding hydrogens is 280 g/mol. The standard InChI is InChI=1S/C18H24O4/c1-6-22-15-9-10-18(3,17(19)12(15)2)14-8-7-13(20-4)11-16(14)21-5/h7-8,11H,6,9-10H2,1-5H3. The van der Waals surface area contributed by atoms with Crippen LogP contribution in [0.3, 0.4) is 0 Å². The Kier molecular flexibility index (Phi) is 4.79. The Morgan fingerprint density at radius 1 is 1.23 bits per heavy atom. The van der Waals surface area contributed by atoms with Crippen molar-refractivity contribution in [3.63, 3.8) is 0 Å². The van der Waals surface area contributed by atoms with Crippen LogP contribution >= 0.6 is 0 Å². The summed E-state index contributed by atoms with van der Waals surface area (Å²) in [7, 11) is 3.23. The lowest BCUT2D eigenvalue weighted by Crippen LogP contribution is -2.37. The van der Waals surface area contributed by atoms with Crippen molar-refractivity contribution in [1.29, 1.82) is 0 Å². The van der Waals surface area contributed by atoms with Gasteiger partial charge in [0.1, 0.15) is 17.3 Å². The maximum atomic E-state index is 12.9. The normalized spacial score (nSPS) is 21.8. The van der Waals surface area contributed by atoms with Gasteiger partial charge in [-0.1, -0.05) is 6.07 Å². The Bertz CT molecular complexity index is 603. The van der Waals surface area contributed by atoms with Gasteiger partial charge in [0.2, 0.25) is 0 Å². The second kappa shape index (κ2) is 6.42. The van der Waals surface area contributed by atoms with Crippen LogP contribution in [0.25, 0.3) is 0 Å². The number of ketones is 1. The summed E-state index contributed by atoms with van der Waals surface area (Å²) in [6.07, 6.45) is 1.47. The molecule has 1 aromatic carbocycles. The summed E-state index contributed by atoms with van der Waals surface area (Å²) in [5.41, 5.74) is 1.02. The van der Waals surface area contributed by atoms with Gasteiger partial charge in [0, 0.05) is 23.6 Å². The third-order valence-corrected chi connectivity index (χ3v) is 4.43. The molecule has 1 unspecified atom stereocenters. The topological polar surface area (TPSA) is 44.8 Å². The van der Waals surface area contributed by atoms with Crippen LogP contribution in [0.4, 0.5) is 0 Å². The van der Waals surface area contributed by atoms with Gasteiger partial charge in [-0.25, -0.2) is 0 Å². The number of benzene rings is 1. The minimum atomic E-state index is -0.595. The minimum absolute atomic E-state index is 0.102. The molecule has 4 nitrogen and oxygen atoms in total. The molecule has 0 bridgehead atoms. The van der Waals surface area contributed by atoms with Crippen LogP contribution in [0.2, 0.25) is 0 Å². The van der Waals surface area contributed by atoms with E-state index < -0.39 is 5.41 Å². The largest absolute Gasteiger partial charge is 0.498 e. The highest BCUT2D eigenvalue weighted by molar-refractivity contribution is 6.04. The predicted octanol–water partition coefficient (Wildman–Crippen LogP) is 3.63. The van der Waals surface area contributed by atoms with Crippen molar-refractivity contribution in [1.82, 2.24) is 0 Å². The number of carbonyl (C=O) groups excluding carboxylic acids is 1. The summed E-state index contributed by atoms with van der Waals surface area (Å²) in [5.74, 6) is 2.32. The van der Waals surface area contributed by atoms with Gasteiger partial charge in [-0.15, -0.1) is 0 Å². The molecule has 0 heterocycles. The zero-order valence-electron chi connectivity index (χ0n) is 14.0. The smallest absolute Gasteiger partial charge is 0.172 e. The quantitative estimate of drug-likeness (QED) is 0.833. The fourth-order valence-corrected chi connectivity index (χ4v) is 3.07. The van der Waals surface area contributed by atoms with Gasteiger partial charge in [-0.2, -0.15) is 0 Å². The van der Waals surface area contributed by atoms with Crippen molar-refractivity contribution >= 4 is 5.78 Å². The van der Waals surface area contributed by atoms with E-state index in [0.29, 0.717) is 24.4 Å². The first kappa shape index (κ1) is 16.4. The van der Waals surface area contributed by atoms with E-state index in [9.17, 15) is 4.79 Å². The van der Waals surface area contributed by atoms with Crippen molar-refractivity contribution < 1.29 is 19.0 Å². The number of Topliss-reactive ketones (excluding diaryl/α,β-unsaturated/α-hetero) is 1. The summed E-state index contributed by atoms with van der Waals surface area (Å²) in [6, 6.07) is 5.62. The van der Waals surface area contributed by atoms with Crippen LogP contribution < -0.4 is 9.47 Å². The Hall–Kier alpha value is -1.97. The molecule has 0 aromatic heterocycles. The SMILES string of the molecule is CCOC1=C(C)C(=O)C(C)(c2ccc(OC)cc2OC)CC1. The first-order valence-electron chi connectivity index (χ1n) is 7.57. The summed E-state index contributed by atoms with van der Waals surface area (Å²) in [5, 5.41) is 0. The number of hydrogen-bond acceptors (Lipinski definition) is 4. The third-order valence-electron chi connectivity index (χ3n) is 4.43. The minimum Gasteiger partial charge on any atom is -0.498 e. The monoisotopic (exact) mass is 304 g/mol. The van der Waals surface area contributed by atoms with Crippen molar-refractivity contribution in [2.24, 2.45) is 0 Å². The molecular formula is C18H24O4. The second-order valence-electron chi connectivity index (χ2n) is 5.71. The highest BCUT2D eigenvalue weighted by atomic mass is 16.5. The van der Waals surface area contributed by atoms with E-state index in [2.05, 4.69) is 0 Å². The van der Waals surface area contributed by atoms with Gasteiger partial charge in [0.15, 0.2) is 5.78 Å². The maximum absolute atomic E-state index is 12.9. The molecule has 0 radical (unpaired) electrons. The van der Waals surface area contributed by atoms with Crippen molar-refractivity contribution in [3.05, 3.63) is 35.1 Å². The van der Waals surface area contributed by atoms with Crippen molar-refractivity contribution in [2.45, 2.75) is 39.0 Å². The molecule has 1 aliphatic carbocycles. The highest BCUT2D eigenvalue weighted by Gasteiger charge is 2.42. The molecule has 0 aliphatic heterocycles. The molecule has 22 heavy (non-hydrogen) atoms. The first-order valence-corrected chi connectivity index (χ1v) is 7.57. The Morgan fingerprint density at radius 3 is 2.55 bits per heavy atom. The van der Waals surface area contributed by atoms with Gasteiger partial charge in [-0.3, -0.25) is 4.79 Å². The molecule has 2 rings (SSSR count). The highest BCUT2D eigenvalue weighted by Crippen LogP contribution is 2.43. The number of allylic oxidation sites excluding steroid dienone is 2. The van der Waals surface area contributed by atoms with Crippen LogP contribution in [-0.4, -0.2) is 26.6 Å². The zero-order chi connectivity index (χ0) is 16.3. The number of methoxy groups -OCH3 is 2. The van der Waals surface area contributed by atoms with E-state index in [1.165, 1.54) is 0 Å². The summed E-state index contributed by atoms with van der Waals surface area (Å²) in [6.45, 7) is 6.35. The van der Waals surface area contributed by atoms with Gasteiger partial charge >= 0.3 is 0 Å². The average Bonchev–Trinajstić information content (AvgIpc) is 2.55. The Labute approximate surface area is 132 Å². The summed E-state index contributed by atoms with van der Waals surface area (Å²) in [4.78, 5) is 12.9. The number of carbonyl (C=O) groups is 1. The van der Waals surface area contributed by atoms with Gasteiger partial charge in [-0.05, 0) is 33.3 Å². The zero-order valence-corrected chi connectivity index (χ0v) is 14.0. The van der Waals surface area contributed by atoms with Crippen molar-refractivity contribution in [3.8, 4) is 11.5 Å². The van der Waals surface area contributed by atoms with Gasteiger partial charge in [0.05, 0.1) is 26.2 Å². The van der Waals surface area contributed by atoms with Crippen molar-refractivity contribution in [2.75, 3.05) is 20.8 Å². The van der Waals surface area contributed by atoms with E-state index in [1.807, 2.05) is 39.0 Å². The van der Waals surface area contributed by atoms with Crippen LogP contribution in [-0.2, 0) is 14.9 Å². The molecule has 0 amide bonds. The third kappa shape index (κ3) is 2.70. The van der Waals surface area contributed by atoms with E-state index in [4.69, 9.17) is 14.2 Å². The fraction of sp³-hybridized carbons (Fsp3) is 0.500. The number of ether oxygens (including phenoxy) is 3. The fourth-order valence-electron chi connectivity index (χ4n) is 3.07. The molecule has 4 heteroatoms. The first-order chi connectivity index (χ1) is 10.5. The van der Waals surface area contributed by atoms with E-state index in [-0.39, 0.29) is 5.78 Å². The molecule has 0 N–H and O–H groups in total. The van der Waals surface area contributed by atoms with E-state index in [0.717, 1.165) is 23.5 Å². The average molecular weight is 304 g/mol. The Balaban J connectivity index is 2.46. The van der Waals surface area contributed by atoms with E-state index in [1.54, 1.807) is 14.2 Å². The molecule has 1 aliphatic rings. The summed E-state index contributed by atoms with van der Waals surface area (Å²) >= 11 is 0. The number of hydrogen-bond donors (Lipinski definition) is 0. The predicted molar refractivity (Wildman–Crippen MR) is 85.5 cm³/mol. The second-order valence-corrected chi connectivity index (χ2v) is 5.71. The lowest BCUT2D eigenvalue weighted by atomic mass is 9.69. The van der Waals surface area contributed by atoms with E-state index >= 15 is 0 Å². The summed E-state index contributed by atoms with van der Waals surface area (Å²) < 4.78 is 16.3. The Morgan fingerprint density at radius 2 is 1.95 bits per heavy atom. The molecule has 0 saturated heterocycles. The molecule has 1 aromatic rings. The van der Waals surface area contributed by atoms with Gasteiger partial charge in [0.25, 0.3) is 0 Å².